The largest absolute Gasteiger partial charge is 0.389 e. The summed E-state index contributed by atoms with van der Waals surface area (Å²) in [5.74, 6) is 0. The number of aliphatic hydroxyl groups excluding tert-OH is 1. The van der Waals surface area contributed by atoms with Crippen LogP contribution < -0.4 is 5.32 Å². The van der Waals surface area contributed by atoms with E-state index >= 15 is 0 Å². The Bertz CT molecular complexity index is 677. The van der Waals surface area contributed by atoms with Crippen LogP contribution in [-0.2, 0) is 10.3 Å². The van der Waals surface area contributed by atoms with Crippen LogP contribution in [0.5, 0.6) is 0 Å². The predicted octanol–water partition coefficient (Wildman–Crippen LogP) is 3.91. The fourth-order valence-electron chi connectivity index (χ4n) is 3.19. The first-order chi connectivity index (χ1) is 11.1. The molecule has 2 N–H and O–H groups in total. The van der Waals surface area contributed by atoms with Gasteiger partial charge in [-0.05, 0) is 30.2 Å². The van der Waals surface area contributed by atoms with E-state index in [0.29, 0.717) is 23.2 Å². The van der Waals surface area contributed by atoms with Gasteiger partial charge in [0, 0.05) is 28.7 Å². The van der Waals surface area contributed by atoms with Crippen LogP contribution in [0.1, 0.15) is 29.7 Å². The number of ether oxygens (including phenoxy) is 1. The highest BCUT2D eigenvalue weighted by atomic mass is 35.5. The second kappa shape index (κ2) is 6.80. The van der Waals surface area contributed by atoms with Crippen LogP contribution in [0.25, 0.3) is 0 Å². The van der Waals surface area contributed by atoms with Crippen molar-refractivity contribution in [2.75, 3.05) is 19.7 Å². The topological polar surface area (TPSA) is 41.5 Å². The molecule has 2 atom stereocenters. The average molecular weight is 352 g/mol. The molecule has 2 aromatic rings. The van der Waals surface area contributed by atoms with Crippen molar-refractivity contribution in [3.63, 3.8) is 0 Å². The summed E-state index contributed by atoms with van der Waals surface area (Å²) < 4.78 is 6.25. The van der Waals surface area contributed by atoms with E-state index in [-0.39, 0.29) is 0 Å². The molecule has 0 radical (unpaired) electrons. The molecule has 0 aliphatic carbocycles. The lowest BCUT2D eigenvalue weighted by Crippen LogP contribution is -2.49. The molecule has 0 aromatic heterocycles. The molecular weight excluding hydrogens is 333 g/mol. The molecule has 1 heterocycles. The van der Waals surface area contributed by atoms with Crippen molar-refractivity contribution in [1.29, 1.82) is 0 Å². The van der Waals surface area contributed by atoms with Crippen LogP contribution in [0.3, 0.4) is 0 Å². The number of nitrogens with one attached hydrogen (secondary N) is 1. The van der Waals surface area contributed by atoms with Crippen molar-refractivity contribution in [3.8, 4) is 0 Å². The quantitative estimate of drug-likeness (QED) is 0.880. The van der Waals surface area contributed by atoms with Gasteiger partial charge >= 0.3 is 0 Å². The minimum atomic E-state index is -0.818. The molecule has 1 aliphatic rings. The zero-order valence-electron chi connectivity index (χ0n) is 12.9. The monoisotopic (exact) mass is 351 g/mol. The third-order valence-corrected chi connectivity index (χ3v) is 4.84. The van der Waals surface area contributed by atoms with Crippen LogP contribution in [0.2, 0.25) is 10.0 Å². The van der Waals surface area contributed by atoms with E-state index in [4.69, 9.17) is 27.9 Å². The minimum Gasteiger partial charge on any atom is -0.389 e. The van der Waals surface area contributed by atoms with E-state index in [0.717, 1.165) is 23.2 Å². The van der Waals surface area contributed by atoms with Gasteiger partial charge in [0.2, 0.25) is 0 Å². The summed E-state index contributed by atoms with van der Waals surface area (Å²) >= 11 is 13.0. The Balaban J connectivity index is 2.27. The number of hydrogen-bond acceptors (Lipinski definition) is 3. The van der Waals surface area contributed by atoms with Gasteiger partial charge in [0.25, 0.3) is 0 Å². The van der Waals surface area contributed by atoms with E-state index < -0.39 is 11.7 Å². The van der Waals surface area contributed by atoms with Gasteiger partial charge in [0.1, 0.15) is 5.60 Å². The smallest absolute Gasteiger partial charge is 0.134 e. The van der Waals surface area contributed by atoms with Gasteiger partial charge in [0.15, 0.2) is 0 Å². The maximum absolute atomic E-state index is 10.2. The first-order valence-electron chi connectivity index (χ1n) is 7.63. The molecule has 1 aliphatic heterocycles. The van der Waals surface area contributed by atoms with Crippen LogP contribution in [-0.4, -0.2) is 24.8 Å². The van der Waals surface area contributed by atoms with Crippen molar-refractivity contribution < 1.29 is 9.84 Å². The number of halogens is 2. The van der Waals surface area contributed by atoms with Gasteiger partial charge < -0.3 is 15.2 Å². The standard InChI is InChI=1S/C18H19Cl2NO2/c1-12(22)13-5-2-3-6-14(13)18(11-21-9-10-23-18)17-15(19)7-4-8-16(17)20/h2-8,12,21-22H,9-11H2,1H3. The molecule has 3 nitrogen and oxygen atoms in total. The van der Waals surface area contributed by atoms with Crippen molar-refractivity contribution in [2.24, 2.45) is 0 Å². The highest BCUT2D eigenvalue weighted by Gasteiger charge is 2.42. The van der Waals surface area contributed by atoms with Gasteiger partial charge in [-0.25, -0.2) is 0 Å². The molecule has 2 aromatic carbocycles. The Kier molecular flexibility index (Phi) is 4.95. The summed E-state index contributed by atoms with van der Waals surface area (Å²) in [4.78, 5) is 0. The van der Waals surface area contributed by atoms with Gasteiger partial charge in [-0.15, -0.1) is 0 Å². The number of hydrogen-bond donors (Lipinski definition) is 2. The van der Waals surface area contributed by atoms with Crippen molar-refractivity contribution >= 4 is 23.2 Å². The van der Waals surface area contributed by atoms with Gasteiger partial charge in [-0.1, -0.05) is 53.5 Å². The second-order valence-electron chi connectivity index (χ2n) is 5.71. The summed E-state index contributed by atoms with van der Waals surface area (Å²) in [6.07, 6.45) is -0.616. The number of aliphatic hydroxyl groups is 1. The van der Waals surface area contributed by atoms with Crippen molar-refractivity contribution in [2.45, 2.75) is 18.6 Å². The van der Waals surface area contributed by atoms with Gasteiger partial charge in [-0.3, -0.25) is 0 Å². The summed E-state index contributed by atoms with van der Waals surface area (Å²) in [6, 6.07) is 13.2. The lowest BCUT2D eigenvalue weighted by molar-refractivity contribution is -0.0418. The maximum atomic E-state index is 10.2. The Morgan fingerprint density at radius 2 is 1.83 bits per heavy atom. The van der Waals surface area contributed by atoms with Crippen molar-refractivity contribution in [3.05, 3.63) is 69.2 Å². The predicted molar refractivity (Wildman–Crippen MR) is 93.1 cm³/mol. The average Bonchev–Trinajstić information content (AvgIpc) is 2.55. The van der Waals surface area contributed by atoms with E-state index in [2.05, 4.69) is 5.32 Å². The molecular formula is C18H19Cl2NO2. The zero-order valence-corrected chi connectivity index (χ0v) is 14.4. The molecule has 23 heavy (non-hydrogen) atoms. The number of benzene rings is 2. The van der Waals surface area contributed by atoms with E-state index in [9.17, 15) is 5.11 Å². The molecule has 5 heteroatoms. The molecule has 3 rings (SSSR count). The molecule has 1 fully saturated rings. The second-order valence-corrected chi connectivity index (χ2v) is 6.53. The summed E-state index contributed by atoms with van der Waals surface area (Å²) in [7, 11) is 0. The third kappa shape index (κ3) is 3.00. The lowest BCUT2D eigenvalue weighted by Gasteiger charge is -2.41. The van der Waals surface area contributed by atoms with Crippen LogP contribution in [0, 0.1) is 0 Å². The SMILES string of the molecule is CC(O)c1ccccc1C1(c2c(Cl)cccc2Cl)CNCCO1. The Morgan fingerprint density at radius 1 is 1.13 bits per heavy atom. The Morgan fingerprint density at radius 3 is 2.43 bits per heavy atom. The summed E-state index contributed by atoms with van der Waals surface area (Å²) in [6.45, 7) is 3.59. The minimum absolute atomic E-state index is 0.537. The molecule has 122 valence electrons. The van der Waals surface area contributed by atoms with Crippen LogP contribution >= 0.6 is 23.2 Å². The van der Waals surface area contributed by atoms with E-state index in [1.807, 2.05) is 42.5 Å². The zero-order chi connectivity index (χ0) is 16.4. The number of rotatable bonds is 3. The highest BCUT2D eigenvalue weighted by Crippen LogP contribution is 2.44. The molecule has 0 saturated carbocycles. The molecule has 0 amide bonds. The Hall–Kier alpha value is -1.10. The fourth-order valence-corrected chi connectivity index (χ4v) is 3.90. The molecule has 0 bridgehead atoms. The first-order valence-corrected chi connectivity index (χ1v) is 8.38. The van der Waals surface area contributed by atoms with E-state index in [1.165, 1.54) is 0 Å². The van der Waals surface area contributed by atoms with Gasteiger partial charge in [0.05, 0.1) is 12.7 Å². The van der Waals surface area contributed by atoms with Crippen LogP contribution in [0.15, 0.2) is 42.5 Å². The summed E-state index contributed by atoms with van der Waals surface area (Å²) in [5, 5.41) is 14.7. The van der Waals surface area contributed by atoms with E-state index in [1.54, 1.807) is 6.92 Å². The Labute approximate surface area is 146 Å². The summed E-state index contributed by atoms with van der Waals surface area (Å²) in [5.41, 5.74) is 1.62. The molecule has 1 saturated heterocycles. The highest BCUT2D eigenvalue weighted by molar-refractivity contribution is 6.36. The third-order valence-electron chi connectivity index (χ3n) is 4.21. The first kappa shape index (κ1) is 16.7. The normalized spacial score (nSPS) is 22.8. The van der Waals surface area contributed by atoms with Crippen LogP contribution in [0.4, 0.5) is 0 Å². The lowest BCUT2D eigenvalue weighted by atomic mass is 9.81. The number of morpholine rings is 1. The van der Waals surface area contributed by atoms with Crippen molar-refractivity contribution in [1.82, 2.24) is 5.32 Å². The molecule has 2 unspecified atom stereocenters. The fraction of sp³-hybridized carbons (Fsp3) is 0.333. The molecule has 0 spiro atoms. The maximum Gasteiger partial charge on any atom is 0.134 e. The van der Waals surface area contributed by atoms with Gasteiger partial charge in [-0.2, -0.15) is 0 Å².